The molecule has 2 amide bonds. The summed E-state index contributed by atoms with van der Waals surface area (Å²) in [5.41, 5.74) is 0.418. The summed E-state index contributed by atoms with van der Waals surface area (Å²) in [5.74, 6) is -0.527. The van der Waals surface area contributed by atoms with E-state index in [2.05, 4.69) is 20.4 Å². The zero-order valence-corrected chi connectivity index (χ0v) is 23.4. The number of carbonyl (C=O) groups is 2. The number of hydrogen-bond donors (Lipinski definition) is 2. The number of aromatic nitrogens is 1. The van der Waals surface area contributed by atoms with Gasteiger partial charge in [0.1, 0.15) is 6.10 Å². The van der Waals surface area contributed by atoms with Crippen LogP contribution in [0.1, 0.15) is 49.5 Å². The molecule has 2 heterocycles. The summed E-state index contributed by atoms with van der Waals surface area (Å²) in [6.07, 6.45) is 4.88. The lowest BCUT2D eigenvalue weighted by Crippen LogP contribution is -2.50. The van der Waals surface area contributed by atoms with Gasteiger partial charge in [-0.1, -0.05) is 17.3 Å². The molecular formula is C26H33N5O6S2. The van der Waals surface area contributed by atoms with E-state index < -0.39 is 21.8 Å². The Labute approximate surface area is 231 Å². The van der Waals surface area contributed by atoms with E-state index in [1.807, 2.05) is 6.92 Å². The molecule has 210 valence electrons. The molecule has 3 aliphatic rings. The van der Waals surface area contributed by atoms with Crippen molar-refractivity contribution in [1.82, 2.24) is 14.8 Å². The minimum absolute atomic E-state index is 0.00215. The number of benzene rings is 1. The van der Waals surface area contributed by atoms with Crippen LogP contribution in [0.3, 0.4) is 0 Å². The topological polar surface area (TPSA) is 142 Å². The largest absolute Gasteiger partial charge is 0.393 e. The van der Waals surface area contributed by atoms with Gasteiger partial charge in [-0.2, -0.15) is 0 Å². The fourth-order valence-corrected chi connectivity index (χ4v) is 7.41. The van der Waals surface area contributed by atoms with Crippen molar-refractivity contribution in [2.75, 3.05) is 25.0 Å². The average molecular weight is 576 g/mol. The predicted octanol–water partition coefficient (Wildman–Crippen LogP) is 2.01. The number of aliphatic hydroxyl groups is 1. The van der Waals surface area contributed by atoms with Gasteiger partial charge in [-0.25, -0.2) is 13.4 Å². The summed E-state index contributed by atoms with van der Waals surface area (Å²) in [5, 5.41) is 16.8. The summed E-state index contributed by atoms with van der Waals surface area (Å²) in [7, 11) is -3.36. The minimum atomic E-state index is -3.36. The van der Waals surface area contributed by atoms with Gasteiger partial charge in [-0.3, -0.25) is 19.8 Å². The van der Waals surface area contributed by atoms with Crippen molar-refractivity contribution in [3.8, 4) is 0 Å². The number of piperazine rings is 1. The first-order valence-electron chi connectivity index (χ1n) is 13.2. The normalized spacial score (nSPS) is 24.5. The van der Waals surface area contributed by atoms with Crippen LogP contribution in [0.15, 0.2) is 40.5 Å². The third-order valence-corrected chi connectivity index (χ3v) is 10.5. The molecule has 0 bridgehead atoms. The molecule has 1 saturated heterocycles. The van der Waals surface area contributed by atoms with Crippen molar-refractivity contribution < 1.29 is 28.0 Å². The van der Waals surface area contributed by atoms with Crippen LogP contribution in [-0.2, 0) is 30.8 Å². The molecule has 3 atom stereocenters. The number of nitrogens with one attached hydrogen (secondary N) is 1. The van der Waals surface area contributed by atoms with Gasteiger partial charge in [0, 0.05) is 55.3 Å². The minimum Gasteiger partial charge on any atom is -0.393 e. The maximum atomic E-state index is 13.3. The van der Waals surface area contributed by atoms with Crippen molar-refractivity contribution in [2.45, 2.75) is 74.0 Å². The van der Waals surface area contributed by atoms with E-state index in [1.165, 1.54) is 23.5 Å². The Morgan fingerprint density at radius 1 is 1.23 bits per heavy atom. The maximum Gasteiger partial charge on any atom is 0.280 e. The predicted molar refractivity (Wildman–Crippen MR) is 146 cm³/mol. The van der Waals surface area contributed by atoms with Gasteiger partial charge in [-0.15, -0.1) is 11.3 Å². The molecule has 5 rings (SSSR count). The van der Waals surface area contributed by atoms with E-state index >= 15 is 0 Å². The van der Waals surface area contributed by atoms with E-state index in [0.717, 1.165) is 24.4 Å². The fourth-order valence-electron chi connectivity index (χ4n) is 4.90. The molecule has 39 heavy (non-hydrogen) atoms. The number of sulfone groups is 1. The summed E-state index contributed by atoms with van der Waals surface area (Å²) in [4.78, 5) is 39.7. The second kappa shape index (κ2) is 11.7. The van der Waals surface area contributed by atoms with Gasteiger partial charge in [0.2, 0.25) is 6.41 Å². The van der Waals surface area contributed by atoms with E-state index in [1.54, 1.807) is 23.2 Å². The van der Waals surface area contributed by atoms with Gasteiger partial charge >= 0.3 is 0 Å². The van der Waals surface area contributed by atoms with Crippen LogP contribution in [0.25, 0.3) is 0 Å². The molecular weight excluding hydrogens is 542 g/mol. The van der Waals surface area contributed by atoms with Crippen LogP contribution in [0.4, 0.5) is 5.13 Å². The third-order valence-electron chi connectivity index (χ3n) is 7.34. The maximum absolute atomic E-state index is 13.3. The third kappa shape index (κ3) is 6.65. The van der Waals surface area contributed by atoms with Crippen LogP contribution in [0.2, 0.25) is 0 Å². The Hall–Kier alpha value is -2.87. The summed E-state index contributed by atoms with van der Waals surface area (Å²) in [6.45, 7) is 4.87. The standard InChI is InChI=1S/C26H33N5O6S2/c1-17-14-30(10-11-31(17)16-32)15-21-13-27-26(38-21)28-25(34)24(29-37-20-5-4-19(33)12-20)18-2-6-22(7-3-18)39(35,36)23-8-9-23/h2-3,6-7,13,16-17,19-20,23,33H,4-5,8-12,14-15H2,1H3,(H,27,28,34)/b29-24+/t17-,19+,20+/m0/s1. The van der Waals surface area contributed by atoms with Gasteiger partial charge in [0.25, 0.3) is 5.91 Å². The van der Waals surface area contributed by atoms with Crippen molar-refractivity contribution in [3.63, 3.8) is 0 Å². The highest BCUT2D eigenvalue weighted by Crippen LogP contribution is 2.33. The van der Waals surface area contributed by atoms with Gasteiger partial charge < -0.3 is 14.8 Å². The average Bonchev–Trinajstić information content (AvgIpc) is 3.58. The van der Waals surface area contributed by atoms with E-state index in [-0.39, 0.29) is 28.0 Å². The molecule has 3 fully saturated rings. The SMILES string of the molecule is C[C@H]1CN(Cc2cnc(NC(=O)/C(=N/O[C@@H]3CC[C@@H](O)C3)c3ccc(S(=O)(=O)C4CC4)cc3)s2)CCN1C=O. The zero-order chi connectivity index (χ0) is 27.6. The second-order valence-electron chi connectivity index (χ2n) is 10.4. The summed E-state index contributed by atoms with van der Waals surface area (Å²) >= 11 is 1.36. The molecule has 13 heteroatoms. The van der Waals surface area contributed by atoms with Crippen LogP contribution in [0.5, 0.6) is 0 Å². The Bertz CT molecular complexity index is 1320. The number of thiazole rings is 1. The number of anilines is 1. The summed E-state index contributed by atoms with van der Waals surface area (Å²) in [6, 6.07) is 6.26. The number of aliphatic hydroxyl groups excluding tert-OH is 1. The van der Waals surface area contributed by atoms with E-state index in [4.69, 9.17) is 4.84 Å². The van der Waals surface area contributed by atoms with E-state index in [9.17, 15) is 23.1 Å². The number of carbonyl (C=O) groups excluding carboxylic acids is 2. The highest BCUT2D eigenvalue weighted by atomic mass is 32.2. The molecule has 2 N–H and O–H groups in total. The molecule has 0 spiro atoms. The monoisotopic (exact) mass is 575 g/mol. The van der Waals surface area contributed by atoms with Crippen molar-refractivity contribution >= 4 is 44.3 Å². The number of hydrogen-bond acceptors (Lipinski definition) is 10. The Balaban J connectivity index is 1.28. The quantitative estimate of drug-likeness (QED) is 0.249. The number of oxime groups is 1. The first-order chi connectivity index (χ1) is 18.7. The number of nitrogens with zero attached hydrogens (tertiary/aromatic N) is 4. The van der Waals surface area contributed by atoms with Gasteiger partial charge in [0.05, 0.1) is 16.2 Å². The van der Waals surface area contributed by atoms with Crippen molar-refractivity contribution in [1.29, 1.82) is 0 Å². The Kier molecular flexibility index (Phi) is 8.31. The molecule has 1 aliphatic heterocycles. The molecule has 1 aromatic heterocycles. The van der Waals surface area contributed by atoms with Crippen LogP contribution in [-0.4, -0.2) is 89.5 Å². The molecule has 2 aromatic rings. The zero-order valence-electron chi connectivity index (χ0n) is 21.7. The van der Waals surface area contributed by atoms with Crippen molar-refractivity contribution in [3.05, 3.63) is 40.9 Å². The van der Waals surface area contributed by atoms with Crippen LogP contribution >= 0.6 is 11.3 Å². The molecule has 2 aliphatic carbocycles. The molecule has 2 saturated carbocycles. The lowest BCUT2D eigenvalue weighted by Gasteiger charge is -2.37. The number of amides is 2. The first-order valence-corrected chi connectivity index (χ1v) is 15.5. The van der Waals surface area contributed by atoms with Crippen LogP contribution < -0.4 is 5.32 Å². The Morgan fingerprint density at radius 2 is 2.00 bits per heavy atom. The first kappa shape index (κ1) is 27.7. The molecule has 11 nitrogen and oxygen atoms in total. The van der Waals surface area contributed by atoms with Gasteiger partial charge in [0.15, 0.2) is 20.7 Å². The fraction of sp³-hybridized carbons (Fsp3) is 0.538. The highest BCUT2D eigenvalue weighted by Gasteiger charge is 2.37. The van der Waals surface area contributed by atoms with Crippen molar-refractivity contribution in [2.24, 2.45) is 5.16 Å². The summed E-state index contributed by atoms with van der Waals surface area (Å²) < 4.78 is 25.2. The van der Waals surface area contributed by atoms with E-state index in [0.29, 0.717) is 55.9 Å². The Morgan fingerprint density at radius 3 is 2.64 bits per heavy atom. The van der Waals surface area contributed by atoms with Gasteiger partial charge in [-0.05, 0) is 44.7 Å². The second-order valence-corrected chi connectivity index (χ2v) is 13.8. The number of rotatable bonds is 10. The van der Waals surface area contributed by atoms with Crippen LogP contribution in [0, 0.1) is 0 Å². The molecule has 0 unspecified atom stereocenters. The lowest BCUT2D eigenvalue weighted by molar-refractivity contribution is -0.122. The molecule has 0 radical (unpaired) electrons. The highest BCUT2D eigenvalue weighted by molar-refractivity contribution is 7.92. The lowest BCUT2D eigenvalue weighted by atomic mass is 10.1. The smallest absolute Gasteiger partial charge is 0.280 e. The molecule has 1 aromatic carbocycles.